The highest BCUT2D eigenvalue weighted by molar-refractivity contribution is 7.86. The Bertz CT molecular complexity index is 643. The van der Waals surface area contributed by atoms with E-state index in [1.807, 2.05) is 14.1 Å². The van der Waals surface area contributed by atoms with E-state index in [-0.39, 0.29) is 0 Å². The van der Waals surface area contributed by atoms with Gasteiger partial charge in [0.05, 0.1) is 0 Å². The monoisotopic (exact) mass is 505 g/mol. The molecule has 0 saturated heterocycles. The molecule has 0 rings (SSSR count). The summed E-state index contributed by atoms with van der Waals surface area (Å²) in [4.78, 5) is 0. The Hall–Kier alpha value is -1.11. The Morgan fingerprint density at radius 3 is 1.27 bits per heavy atom. The lowest BCUT2D eigenvalue weighted by molar-refractivity contribution is -0.382. The molecular formula is C11H13F14NO3S. The van der Waals surface area contributed by atoms with E-state index >= 15 is 0 Å². The summed E-state index contributed by atoms with van der Waals surface area (Å²) in [6, 6.07) is 0. The summed E-state index contributed by atoms with van der Waals surface area (Å²) in [5, 5.41) is 2.75. The van der Waals surface area contributed by atoms with Crippen molar-refractivity contribution in [2.45, 2.75) is 54.1 Å². The molecule has 0 amide bonds. The maximum absolute atomic E-state index is 13.2. The first-order valence-electron chi connectivity index (χ1n) is 6.90. The number of hydrogen-bond acceptors (Lipinski definition) is 3. The van der Waals surface area contributed by atoms with E-state index < -0.39 is 64.3 Å². The molecule has 0 aromatic carbocycles. The van der Waals surface area contributed by atoms with Crippen molar-refractivity contribution in [3.8, 4) is 0 Å². The molecule has 0 fully saturated rings. The van der Waals surface area contributed by atoms with E-state index in [0.717, 1.165) is 0 Å². The Kier molecular flexibility index (Phi) is 10.4. The van der Waals surface area contributed by atoms with Crippen LogP contribution >= 0.6 is 0 Å². The van der Waals surface area contributed by atoms with Crippen LogP contribution in [0.15, 0.2) is 0 Å². The molecule has 0 aromatic heterocycles. The van der Waals surface area contributed by atoms with E-state index in [2.05, 4.69) is 5.32 Å². The van der Waals surface area contributed by atoms with Crippen molar-refractivity contribution in [2.24, 2.45) is 0 Å². The Morgan fingerprint density at radius 2 is 1.00 bits per heavy atom. The molecule has 0 aliphatic heterocycles. The zero-order valence-corrected chi connectivity index (χ0v) is 15.2. The highest BCUT2D eigenvalue weighted by Gasteiger charge is 2.85. The fourth-order valence-electron chi connectivity index (χ4n) is 1.42. The van der Waals surface area contributed by atoms with Gasteiger partial charge >= 0.3 is 33.8 Å². The maximum Gasteiger partial charge on any atom is 0.382 e. The molecule has 2 N–H and O–H groups in total. The molecule has 0 aliphatic rings. The van der Waals surface area contributed by atoms with Crippen LogP contribution in [0.3, 0.4) is 0 Å². The van der Waals surface area contributed by atoms with Crippen molar-refractivity contribution < 1.29 is 74.4 Å². The summed E-state index contributed by atoms with van der Waals surface area (Å²) in [6.07, 6.45) is -19.7. The first-order valence-corrected chi connectivity index (χ1v) is 8.40. The number of rotatable bonds is 9. The molecule has 4 nitrogen and oxygen atoms in total. The molecule has 4 atom stereocenters. The Morgan fingerprint density at radius 1 is 0.700 bits per heavy atom. The van der Waals surface area contributed by atoms with Crippen LogP contribution in [-0.4, -0.2) is 81.2 Å². The molecule has 0 saturated carbocycles. The number of alkyl halides is 14. The minimum atomic E-state index is -7.86. The van der Waals surface area contributed by atoms with Gasteiger partial charge in [-0.25, -0.2) is 26.3 Å². The fourth-order valence-corrected chi connectivity index (χ4v) is 1.94. The van der Waals surface area contributed by atoms with Gasteiger partial charge in [0.25, 0.3) is 11.9 Å². The summed E-state index contributed by atoms with van der Waals surface area (Å²) < 4.78 is 207. The van der Waals surface area contributed by atoms with Crippen molar-refractivity contribution in [2.75, 3.05) is 14.1 Å². The van der Waals surface area contributed by atoms with Crippen LogP contribution in [0, 0.1) is 0 Å². The molecule has 19 heteroatoms. The van der Waals surface area contributed by atoms with Gasteiger partial charge in [0.15, 0.2) is 12.3 Å². The van der Waals surface area contributed by atoms with Crippen molar-refractivity contribution in [3.63, 3.8) is 0 Å². The zero-order chi connectivity index (χ0) is 25.1. The van der Waals surface area contributed by atoms with Crippen LogP contribution in [0.4, 0.5) is 61.5 Å². The van der Waals surface area contributed by atoms with Crippen molar-refractivity contribution in [3.05, 3.63) is 0 Å². The van der Waals surface area contributed by atoms with Gasteiger partial charge in [-0.1, -0.05) is 0 Å². The molecule has 0 heterocycles. The van der Waals surface area contributed by atoms with Gasteiger partial charge in [-0.05, 0) is 14.1 Å². The van der Waals surface area contributed by atoms with Crippen LogP contribution < -0.4 is 5.32 Å². The summed E-state index contributed by atoms with van der Waals surface area (Å²) in [5.41, 5.74) is -5.64. The third-order valence-electron chi connectivity index (χ3n) is 2.95. The van der Waals surface area contributed by atoms with Gasteiger partial charge < -0.3 is 5.32 Å². The molecule has 30 heavy (non-hydrogen) atoms. The largest absolute Gasteiger partial charge is 0.382 e. The molecule has 0 bridgehead atoms. The van der Waals surface area contributed by atoms with Crippen LogP contribution in [0.25, 0.3) is 0 Å². The number of halogens is 14. The van der Waals surface area contributed by atoms with E-state index in [1.165, 1.54) is 0 Å². The number of nitrogens with one attached hydrogen (secondary N) is 1. The lowest BCUT2D eigenvalue weighted by atomic mass is 9.93. The second-order valence-electron chi connectivity index (χ2n) is 5.35. The summed E-state index contributed by atoms with van der Waals surface area (Å²) in [5.74, 6) is -30.4. The van der Waals surface area contributed by atoms with Gasteiger partial charge in [0.2, 0.25) is 6.17 Å². The minimum Gasteiger partial charge on any atom is -0.323 e. The summed E-state index contributed by atoms with van der Waals surface area (Å²) in [6.45, 7) is 0. The van der Waals surface area contributed by atoms with Gasteiger partial charge in [0, 0.05) is 0 Å². The highest BCUT2D eigenvalue weighted by Crippen LogP contribution is 2.56. The van der Waals surface area contributed by atoms with Gasteiger partial charge in [-0.3, -0.25) is 4.55 Å². The van der Waals surface area contributed by atoms with E-state index in [0.29, 0.717) is 0 Å². The normalized spacial score (nSPS) is 18.3. The Labute approximate surface area is 159 Å². The third kappa shape index (κ3) is 5.77. The predicted molar refractivity (Wildman–Crippen MR) is 71.9 cm³/mol. The molecule has 184 valence electrons. The zero-order valence-electron chi connectivity index (χ0n) is 14.4. The molecule has 0 radical (unpaired) electrons. The molecular weight excluding hydrogens is 492 g/mol. The van der Waals surface area contributed by atoms with E-state index in [9.17, 15) is 69.9 Å². The van der Waals surface area contributed by atoms with Crippen molar-refractivity contribution in [1.29, 1.82) is 0 Å². The lowest BCUT2D eigenvalue weighted by Gasteiger charge is -2.38. The summed E-state index contributed by atoms with van der Waals surface area (Å²) in [7, 11) is -3.16. The van der Waals surface area contributed by atoms with Gasteiger partial charge in [0.1, 0.15) is 0 Å². The fraction of sp³-hybridized carbons (Fsp3) is 1.00. The smallest absolute Gasteiger partial charge is 0.323 e. The van der Waals surface area contributed by atoms with Crippen LogP contribution in [0.5, 0.6) is 0 Å². The average Bonchev–Trinajstić information content (AvgIpc) is 2.58. The van der Waals surface area contributed by atoms with Crippen molar-refractivity contribution >= 4 is 10.1 Å². The van der Waals surface area contributed by atoms with Gasteiger partial charge in [-0.15, -0.1) is 0 Å². The third-order valence-corrected chi connectivity index (χ3v) is 3.77. The Balaban J connectivity index is 0. The second kappa shape index (κ2) is 10.0. The van der Waals surface area contributed by atoms with Crippen LogP contribution in [0.2, 0.25) is 0 Å². The SMILES string of the molecule is CNC.O=S(=O)(O)C(F)C(F)(F)C(F)(F)C(F)(F)C(F)(F)C(F)C(F)C(F)C(F)F. The topological polar surface area (TPSA) is 66.4 Å². The van der Waals surface area contributed by atoms with Crippen molar-refractivity contribution in [1.82, 2.24) is 5.32 Å². The molecule has 4 unspecified atom stereocenters. The van der Waals surface area contributed by atoms with Gasteiger partial charge in [-0.2, -0.15) is 43.5 Å². The van der Waals surface area contributed by atoms with E-state index in [1.54, 1.807) is 0 Å². The first kappa shape index (κ1) is 31.1. The standard InChI is InChI=1S/C9H6F14O3S.C2H7N/c10-1(2(11)4(13)14)3(12)6(16,17)8(20,21)9(22,23)7(18,19)5(15)27(24,25)26;1-3-2/h1-5H,(H,24,25,26);3H,1-2H3. The quantitative estimate of drug-likeness (QED) is 0.370. The van der Waals surface area contributed by atoms with E-state index in [4.69, 9.17) is 4.55 Å². The first-order chi connectivity index (χ1) is 13.0. The number of hydrogen-bond donors (Lipinski definition) is 2. The maximum atomic E-state index is 13.2. The molecule has 0 aliphatic carbocycles. The van der Waals surface area contributed by atoms with Crippen LogP contribution in [-0.2, 0) is 10.1 Å². The average molecular weight is 505 g/mol. The minimum absolute atomic E-state index is 1.88. The molecule has 0 spiro atoms. The summed E-state index contributed by atoms with van der Waals surface area (Å²) >= 11 is 0. The highest BCUT2D eigenvalue weighted by atomic mass is 32.2. The molecule has 0 aromatic rings. The van der Waals surface area contributed by atoms with Crippen LogP contribution in [0.1, 0.15) is 0 Å². The lowest BCUT2D eigenvalue weighted by Crippen LogP contribution is -2.68. The predicted octanol–water partition coefficient (Wildman–Crippen LogP) is 3.83. The second-order valence-corrected chi connectivity index (χ2v) is 6.79.